The van der Waals surface area contributed by atoms with Gasteiger partial charge in [0.05, 0.1) is 0 Å². The van der Waals surface area contributed by atoms with Crippen LogP contribution in [0.4, 0.5) is 10.5 Å². The summed E-state index contributed by atoms with van der Waals surface area (Å²) in [5.74, 6) is 1.05. The normalized spacial score (nSPS) is 16.8. The Morgan fingerprint density at radius 2 is 1.93 bits per heavy atom. The smallest absolute Gasteiger partial charge is 0.322 e. The van der Waals surface area contributed by atoms with Crippen LogP contribution >= 0.6 is 0 Å². The van der Waals surface area contributed by atoms with Gasteiger partial charge in [-0.3, -0.25) is 0 Å². The van der Waals surface area contributed by atoms with Crippen LogP contribution in [0.15, 0.2) is 53.1 Å². The number of amides is 2. The van der Waals surface area contributed by atoms with E-state index in [4.69, 9.17) is 4.52 Å². The van der Waals surface area contributed by atoms with Crippen LogP contribution in [0.3, 0.4) is 0 Å². The Bertz CT molecular complexity index is 968. The number of aromatic nitrogens is 2. The van der Waals surface area contributed by atoms with Gasteiger partial charge in [-0.25, -0.2) is 4.79 Å². The predicted molar refractivity (Wildman–Crippen MR) is 108 cm³/mol. The summed E-state index contributed by atoms with van der Waals surface area (Å²) in [5.41, 5.74) is 3.97. The van der Waals surface area contributed by atoms with Gasteiger partial charge in [-0.1, -0.05) is 47.6 Å². The highest BCUT2D eigenvalue weighted by atomic mass is 16.5. The fourth-order valence-corrected chi connectivity index (χ4v) is 3.58. The Labute approximate surface area is 164 Å². The Hall–Kier alpha value is -3.15. The molecule has 1 aliphatic rings. The van der Waals surface area contributed by atoms with Crippen molar-refractivity contribution in [3.05, 3.63) is 65.5 Å². The minimum absolute atomic E-state index is 0.127. The lowest BCUT2D eigenvalue weighted by Crippen LogP contribution is -2.41. The fraction of sp³-hybridized carbons (Fsp3) is 0.318. The summed E-state index contributed by atoms with van der Waals surface area (Å²) in [6, 6.07) is 15.3. The summed E-state index contributed by atoms with van der Waals surface area (Å²) >= 11 is 0. The average molecular weight is 376 g/mol. The standard InChI is InChI=1S/C22H24N4O2/c1-15-9-8-12-18(16(15)2)23-22(27)26-14-7-6-13-19(26)21-24-20(25-28-21)17-10-4-3-5-11-17/h3-5,8-12,19H,6-7,13-14H2,1-2H3,(H,23,27). The van der Waals surface area contributed by atoms with Crippen molar-refractivity contribution < 1.29 is 9.32 Å². The second-order valence-electron chi connectivity index (χ2n) is 7.20. The van der Waals surface area contributed by atoms with Gasteiger partial charge >= 0.3 is 6.03 Å². The first kappa shape index (κ1) is 18.2. The summed E-state index contributed by atoms with van der Waals surface area (Å²) in [6.07, 6.45) is 2.81. The number of aryl methyl sites for hydroxylation is 1. The number of carbonyl (C=O) groups is 1. The third-order valence-corrected chi connectivity index (χ3v) is 5.37. The summed E-state index contributed by atoms with van der Waals surface area (Å²) < 4.78 is 5.55. The number of anilines is 1. The van der Waals surface area contributed by atoms with Gasteiger partial charge in [0.1, 0.15) is 6.04 Å². The number of piperidine rings is 1. The van der Waals surface area contributed by atoms with Crippen LogP contribution in [-0.2, 0) is 0 Å². The van der Waals surface area contributed by atoms with E-state index in [1.54, 1.807) is 0 Å². The number of rotatable bonds is 3. The zero-order valence-electron chi connectivity index (χ0n) is 16.2. The molecule has 0 spiro atoms. The van der Waals surface area contributed by atoms with Crippen LogP contribution in [0.1, 0.15) is 42.3 Å². The van der Waals surface area contributed by atoms with Gasteiger partial charge in [0.15, 0.2) is 0 Å². The van der Waals surface area contributed by atoms with Crippen LogP contribution in [0.2, 0.25) is 0 Å². The second kappa shape index (κ2) is 7.84. The first-order chi connectivity index (χ1) is 13.6. The number of nitrogens with one attached hydrogen (secondary N) is 1. The van der Waals surface area contributed by atoms with Gasteiger partial charge in [-0.15, -0.1) is 0 Å². The lowest BCUT2D eigenvalue weighted by Gasteiger charge is -2.33. The highest BCUT2D eigenvalue weighted by Gasteiger charge is 2.32. The van der Waals surface area contributed by atoms with E-state index in [9.17, 15) is 4.79 Å². The molecule has 144 valence electrons. The second-order valence-corrected chi connectivity index (χ2v) is 7.20. The summed E-state index contributed by atoms with van der Waals surface area (Å²) in [5, 5.41) is 7.18. The number of likely N-dealkylation sites (tertiary alicyclic amines) is 1. The minimum Gasteiger partial charge on any atom is -0.337 e. The number of benzene rings is 2. The van der Waals surface area contributed by atoms with Gasteiger partial charge in [-0.2, -0.15) is 4.98 Å². The Kier molecular flexibility index (Phi) is 5.10. The van der Waals surface area contributed by atoms with Crippen molar-refractivity contribution in [2.75, 3.05) is 11.9 Å². The van der Waals surface area contributed by atoms with Crippen molar-refractivity contribution in [1.29, 1.82) is 0 Å². The molecule has 4 rings (SSSR count). The van der Waals surface area contributed by atoms with Crippen molar-refractivity contribution in [2.45, 2.75) is 39.2 Å². The third-order valence-electron chi connectivity index (χ3n) is 5.37. The van der Waals surface area contributed by atoms with Crippen LogP contribution in [0.5, 0.6) is 0 Å². The van der Waals surface area contributed by atoms with Gasteiger partial charge in [0, 0.05) is 17.8 Å². The van der Waals surface area contributed by atoms with Gasteiger partial charge < -0.3 is 14.7 Å². The first-order valence-electron chi connectivity index (χ1n) is 9.66. The summed E-state index contributed by atoms with van der Waals surface area (Å²) in [7, 11) is 0. The van der Waals surface area contributed by atoms with Gasteiger partial charge in [0.25, 0.3) is 0 Å². The van der Waals surface area contributed by atoms with E-state index in [0.29, 0.717) is 18.3 Å². The zero-order valence-corrected chi connectivity index (χ0v) is 16.2. The molecule has 1 saturated heterocycles. The van der Waals surface area contributed by atoms with Crippen LogP contribution in [0, 0.1) is 13.8 Å². The molecular weight excluding hydrogens is 352 g/mol. The molecule has 0 bridgehead atoms. The molecule has 1 aromatic heterocycles. The van der Waals surface area contributed by atoms with E-state index in [1.807, 2.05) is 67.3 Å². The molecule has 2 amide bonds. The molecule has 1 unspecified atom stereocenters. The van der Waals surface area contributed by atoms with Crippen molar-refractivity contribution in [2.24, 2.45) is 0 Å². The quantitative estimate of drug-likeness (QED) is 0.689. The van der Waals surface area contributed by atoms with Gasteiger partial charge in [-0.05, 0) is 50.3 Å². The topological polar surface area (TPSA) is 71.3 Å². The number of carbonyl (C=O) groups excluding carboxylic acids is 1. The molecule has 6 nitrogen and oxygen atoms in total. The third kappa shape index (κ3) is 3.63. The van der Waals surface area contributed by atoms with Crippen molar-refractivity contribution in [1.82, 2.24) is 15.0 Å². The molecular formula is C22H24N4O2. The average Bonchev–Trinajstić information content (AvgIpc) is 3.22. The molecule has 6 heteroatoms. The molecule has 1 aliphatic heterocycles. The number of nitrogens with zero attached hydrogens (tertiary/aromatic N) is 3. The first-order valence-corrected chi connectivity index (χ1v) is 9.66. The molecule has 2 aromatic carbocycles. The SMILES string of the molecule is Cc1cccc(NC(=O)N2CCCCC2c2nc(-c3ccccc3)no2)c1C. The van der Waals surface area contributed by atoms with Crippen molar-refractivity contribution in [3.8, 4) is 11.4 Å². The Morgan fingerprint density at radius 1 is 1.11 bits per heavy atom. The van der Waals surface area contributed by atoms with Crippen LogP contribution in [0.25, 0.3) is 11.4 Å². The van der Waals surface area contributed by atoms with Crippen molar-refractivity contribution >= 4 is 11.7 Å². The lowest BCUT2D eigenvalue weighted by atomic mass is 10.0. The molecule has 1 atom stereocenters. The fourth-order valence-electron chi connectivity index (χ4n) is 3.58. The molecule has 0 aliphatic carbocycles. The van der Waals surface area contributed by atoms with E-state index in [2.05, 4.69) is 15.5 Å². The molecule has 3 aromatic rings. The van der Waals surface area contributed by atoms with Crippen molar-refractivity contribution in [3.63, 3.8) is 0 Å². The maximum Gasteiger partial charge on any atom is 0.322 e. The highest BCUT2D eigenvalue weighted by molar-refractivity contribution is 5.90. The van der Waals surface area contributed by atoms with E-state index in [1.165, 1.54) is 0 Å². The van der Waals surface area contributed by atoms with E-state index >= 15 is 0 Å². The maximum absolute atomic E-state index is 13.0. The predicted octanol–water partition coefficient (Wildman–Crippen LogP) is 5.11. The molecule has 0 saturated carbocycles. The minimum atomic E-state index is -0.205. The zero-order chi connectivity index (χ0) is 19.5. The highest BCUT2D eigenvalue weighted by Crippen LogP contribution is 2.32. The molecule has 28 heavy (non-hydrogen) atoms. The van der Waals surface area contributed by atoms with Crippen LogP contribution in [-0.4, -0.2) is 27.6 Å². The van der Waals surface area contributed by atoms with Crippen LogP contribution < -0.4 is 5.32 Å². The van der Waals surface area contributed by atoms with Gasteiger partial charge in [0.2, 0.25) is 11.7 Å². The Balaban J connectivity index is 1.56. The number of hydrogen-bond donors (Lipinski definition) is 1. The van der Waals surface area contributed by atoms with E-state index in [-0.39, 0.29) is 12.1 Å². The Morgan fingerprint density at radius 3 is 2.75 bits per heavy atom. The largest absolute Gasteiger partial charge is 0.337 e. The molecule has 1 N–H and O–H groups in total. The molecule has 1 fully saturated rings. The summed E-state index contributed by atoms with van der Waals surface area (Å²) in [4.78, 5) is 19.4. The number of hydrogen-bond acceptors (Lipinski definition) is 4. The summed E-state index contributed by atoms with van der Waals surface area (Å²) in [6.45, 7) is 4.73. The monoisotopic (exact) mass is 376 g/mol. The van der Waals surface area contributed by atoms with E-state index in [0.717, 1.165) is 41.6 Å². The number of urea groups is 1. The van der Waals surface area contributed by atoms with E-state index < -0.39 is 0 Å². The lowest BCUT2D eigenvalue weighted by molar-refractivity contribution is 0.142. The maximum atomic E-state index is 13.0. The molecule has 0 radical (unpaired) electrons. The molecule has 2 heterocycles.